The number of hydrogen-bond acceptors (Lipinski definition) is 4. The Bertz CT molecular complexity index is 780. The van der Waals surface area contributed by atoms with Crippen LogP contribution in [-0.2, 0) is 9.59 Å². The normalized spacial score (nSPS) is 16.1. The van der Waals surface area contributed by atoms with Crippen LogP contribution in [0.2, 0.25) is 10.0 Å². The molecule has 0 aliphatic carbocycles. The van der Waals surface area contributed by atoms with Crippen molar-refractivity contribution in [3.8, 4) is 5.75 Å². The van der Waals surface area contributed by atoms with Gasteiger partial charge in [0.25, 0.3) is 0 Å². The number of ether oxygens (including phenoxy) is 1. The van der Waals surface area contributed by atoms with E-state index in [4.69, 9.17) is 27.9 Å². The molecule has 7 heteroatoms. The number of carbonyl (C=O) groups excluding carboxylic acids is 2. The minimum atomic E-state index is -0.761. The van der Waals surface area contributed by atoms with Crippen LogP contribution in [0.25, 0.3) is 0 Å². The zero-order valence-corrected chi connectivity index (χ0v) is 13.3. The summed E-state index contributed by atoms with van der Waals surface area (Å²) in [5, 5.41) is 6.46. The van der Waals surface area contributed by atoms with Crippen molar-refractivity contribution >= 4 is 46.5 Å². The van der Waals surface area contributed by atoms with E-state index < -0.39 is 12.0 Å². The predicted octanol–water partition coefficient (Wildman–Crippen LogP) is 3.72. The second-order valence-electron chi connectivity index (χ2n) is 4.99. The largest absolute Gasteiger partial charge is 0.423 e. The molecule has 1 atom stereocenters. The van der Waals surface area contributed by atoms with Gasteiger partial charge in [-0.2, -0.15) is 0 Å². The number of rotatable bonds is 3. The van der Waals surface area contributed by atoms with Crippen LogP contribution in [0.3, 0.4) is 0 Å². The molecule has 0 radical (unpaired) electrons. The lowest BCUT2D eigenvalue weighted by Gasteiger charge is -2.25. The molecule has 0 fully saturated rings. The molecule has 2 N–H and O–H groups in total. The van der Waals surface area contributed by atoms with Crippen LogP contribution < -0.4 is 15.4 Å². The van der Waals surface area contributed by atoms with Crippen molar-refractivity contribution in [1.82, 2.24) is 0 Å². The molecule has 1 amide bonds. The van der Waals surface area contributed by atoms with E-state index in [-0.39, 0.29) is 12.3 Å². The maximum absolute atomic E-state index is 12.1. The fourth-order valence-electron chi connectivity index (χ4n) is 2.22. The number of para-hydroxylation sites is 2. The Hall–Kier alpha value is -2.24. The summed E-state index contributed by atoms with van der Waals surface area (Å²) in [4.78, 5) is 24.1. The first kappa shape index (κ1) is 15.6. The molecule has 1 aliphatic rings. The van der Waals surface area contributed by atoms with Crippen molar-refractivity contribution < 1.29 is 14.3 Å². The first-order valence-corrected chi connectivity index (χ1v) is 7.60. The molecule has 118 valence electrons. The third-order valence-corrected chi connectivity index (χ3v) is 3.87. The molecule has 3 rings (SSSR count). The van der Waals surface area contributed by atoms with Gasteiger partial charge in [0.1, 0.15) is 6.04 Å². The van der Waals surface area contributed by atoms with Crippen LogP contribution in [0, 0.1) is 0 Å². The van der Waals surface area contributed by atoms with Crippen molar-refractivity contribution in [1.29, 1.82) is 0 Å². The monoisotopic (exact) mass is 350 g/mol. The van der Waals surface area contributed by atoms with Crippen LogP contribution in [0.5, 0.6) is 5.75 Å². The molecule has 5 nitrogen and oxygen atoms in total. The molecule has 0 saturated heterocycles. The molecule has 0 unspecified atom stereocenters. The molecular formula is C16H12Cl2N2O3. The Labute approximate surface area is 142 Å². The van der Waals surface area contributed by atoms with Crippen molar-refractivity contribution in [3.05, 3.63) is 52.5 Å². The third kappa shape index (κ3) is 3.57. The zero-order chi connectivity index (χ0) is 16.4. The van der Waals surface area contributed by atoms with Gasteiger partial charge in [-0.05, 0) is 30.3 Å². The third-order valence-electron chi connectivity index (χ3n) is 3.30. The Morgan fingerprint density at radius 2 is 2.00 bits per heavy atom. The van der Waals surface area contributed by atoms with Crippen molar-refractivity contribution in [2.24, 2.45) is 0 Å². The lowest BCUT2D eigenvalue weighted by Crippen LogP contribution is -2.39. The van der Waals surface area contributed by atoms with Gasteiger partial charge in [-0.3, -0.25) is 4.79 Å². The molecule has 1 aliphatic heterocycles. The standard InChI is InChI=1S/C16H12Cl2N2O3/c17-9-5-6-10(18)12(7-9)20-15(21)8-13-16(22)23-14-4-2-1-3-11(14)19-13/h1-7,13,19H,8H2,(H,20,21)/t13-/m0/s1. The summed E-state index contributed by atoms with van der Waals surface area (Å²) in [6, 6.07) is 11.0. The van der Waals surface area contributed by atoms with Gasteiger partial charge in [0.05, 0.1) is 22.8 Å². The van der Waals surface area contributed by atoms with E-state index in [1.165, 1.54) is 0 Å². The lowest BCUT2D eigenvalue weighted by molar-refractivity contribution is -0.137. The molecule has 1 heterocycles. The number of anilines is 2. The highest BCUT2D eigenvalue weighted by molar-refractivity contribution is 6.35. The highest BCUT2D eigenvalue weighted by atomic mass is 35.5. The van der Waals surface area contributed by atoms with Crippen LogP contribution in [0.1, 0.15) is 6.42 Å². The van der Waals surface area contributed by atoms with Crippen LogP contribution >= 0.6 is 23.2 Å². The van der Waals surface area contributed by atoms with Crippen LogP contribution in [0.4, 0.5) is 11.4 Å². The molecular weight excluding hydrogens is 339 g/mol. The number of esters is 1. The highest BCUT2D eigenvalue weighted by Crippen LogP contribution is 2.30. The summed E-state index contributed by atoms with van der Waals surface area (Å²) in [6.45, 7) is 0. The molecule has 0 bridgehead atoms. The number of nitrogens with one attached hydrogen (secondary N) is 2. The summed E-state index contributed by atoms with van der Waals surface area (Å²) < 4.78 is 5.21. The second-order valence-corrected chi connectivity index (χ2v) is 5.83. The van der Waals surface area contributed by atoms with E-state index in [1.807, 2.05) is 6.07 Å². The van der Waals surface area contributed by atoms with E-state index >= 15 is 0 Å². The summed E-state index contributed by atoms with van der Waals surface area (Å²) in [6.07, 6.45) is -0.0873. The molecule has 23 heavy (non-hydrogen) atoms. The molecule has 0 aromatic heterocycles. The SMILES string of the molecule is O=C(C[C@@H]1Nc2ccccc2OC1=O)Nc1cc(Cl)ccc1Cl. The maximum atomic E-state index is 12.1. The van der Waals surface area contributed by atoms with Gasteiger partial charge in [-0.25, -0.2) is 4.79 Å². The van der Waals surface area contributed by atoms with E-state index in [1.54, 1.807) is 36.4 Å². The number of fused-ring (bicyclic) bond motifs is 1. The van der Waals surface area contributed by atoms with Crippen molar-refractivity contribution in [2.45, 2.75) is 12.5 Å². The van der Waals surface area contributed by atoms with Gasteiger partial charge in [0.15, 0.2) is 5.75 Å². The maximum Gasteiger partial charge on any atom is 0.334 e. The predicted molar refractivity (Wildman–Crippen MR) is 89.2 cm³/mol. The van der Waals surface area contributed by atoms with Gasteiger partial charge < -0.3 is 15.4 Å². The highest BCUT2D eigenvalue weighted by Gasteiger charge is 2.29. The Balaban J connectivity index is 1.69. The molecule has 0 spiro atoms. The van der Waals surface area contributed by atoms with E-state index in [0.717, 1.165) is 0 Å². The first-order valence-electron chi connectivity index (χ1n) is 6.85. The summed E-state index contributed by atoms with van der Waals surface area (Å²) in [5.74, 6) is -0.425. The van der Waals surface area contributed by atoms with Gasteiger partial charge >= 0.3 is 5.97 Å². The summed E-state index contributed by atoms with van der Waals surface area (Å²) in [7, 11) is 0. The van der Waals surface area contributed by atoms with Crippen molar-refractivity contribution in [2.75, 3.05) is 10.6 Å². The fraction of sp³-hybridized carbons (Fsp3) is 0.125. The number of amides is 1. The van der Waals surface area contributed by atoms with E-state index in [0.29, 0.717) is 27.2 Å². The van der Waals surface area contributed by atoms with Gasteiger partial charge in [0.2, 0.25) is 5.91 Å². The number of carbonyl (C=O) groups is 2. The lowest BCUT2D eigenvalue weighted by atomic mass is 10.1. The summed E-state index contributed by atoms with van der Waals surface area (Å²) in [5.41, 5.74) is 1.07. The minimum absolute atomic E-state index is 0.0873. The van der Waals surface area contributed by atoms with E-state index in [9.17, 15) is 9.59 Å². The van der Waals surface area contributed by atoms with E-state index in [2.05, 4.69) is 10.6 Å². The second kappa shape index (κ2) is 6.48. The van der Waals surface area contributed by atoms with Crippen molar-refractivity contribution in [3.63, 3.8) is 0 Å². The quantitative estimate of drug-likeness (QED) is 0.653. The topological polar surface area (TPSA) is 67.4 Å². The number of halogens is 2. The first-order chi connectivity index (χ1) is 11.0. The fourth-order valence-corrected chi connectivity index (χ4v) is 2.55. The molecule has 2 aromatic carbocycles. The average Bonchev–Trinajstić information content (AvgIpc) is 2.51. The minimum Gasteiger partial charge on any atom is -0.423 e. The Morgan fingerprint density at radius 3 is 2.83 bits per heavy atom. The zero-order valence-electron chi connectivity index (χ0n) is 11.8. The Kier molecular flexibility index (Phi) is 4.41. The number of hydrogen-bond donors (Lipinski definition) is 2. The average molecular weight is 351 g/mol. The molecule has 0 saturated carbocycles. The van der Waals surface area contributed by atoms with Gasteiger partial charge in [-0.15, -0.1) is 0 Å². The van der Waals surface area contributed by atoms with Gasteiger partial charge in [-0.1, -0.05) is 35.3 Å². The van der Waals surface area contributed by atoms with Crippen LogP contribution in [-0.4, -0.2) is 17.9 Å². The van der Waals surface area contributed by atoms with Crippen LogP contribution in [0.15, 0.2) is 42.5 Å². The Morgan fingerprint density at radius 1 is 1.22 bits per heavy atom. The van der Waals surface area contributed by atoms with Gasteiger partial charge in [0, 0.05) is 5.02 Å². The molecule has 2 aromatic rings. The smallest absolute Gasteiger partial charge is 0.334 e. The number of benzene rings is 2. The summed E-state index contributed by atoms with van der Waals surface area (Å²) >= 11 is 11.9.